The van der Waals surface area contributed by atoms with Gasteiger partial charge in [-0.05, 0) is 92.0 Å². The highest BCUT2D eigenvalue weighted by Gasteiger charge is 2.36. The van der Waals surface area contributed by atoms with Crippen LogP contribution in [0.1, 0.15) is 60.3 Å². The lowest BCUT2D eigenvalue weighted by atomic mass is 9.79. The standard InChI is InChI=1S/C25H32FNO2/c1-29-24-4-2-3-23(26)22(24)10-6-17-5-7-19-14-20(9-8-18(19)13-17)21-11-12-25(27,15-21)16-28/h2-4,8-9,14,17,21,28H,5-7,10-13,15-16,27H2,1H3/t17-,21-,25+/m0/s1. The zero-order valence-corrected chi connectivity index (χ0v) is 17.3. The number of benzene rings is 2. The summed E-state index contributed by atoms with van der Waals surface area (Å²) in [4.78, 5) is 0. The van der Waals surface area contributed by atoms with Gasteiger partial charge in [0, 0.05) is 11.1 Å². The minimum absolute atomic E-state index is 0.0723. The number of methoxy groups -OCH3 is 1. The molecule has 0 heterocycles. The van der Waals surface area contributed by atoms with Crippen molar-refractivity contribution in [3.8, 4) is 5.75 Å². The number of aliphatic hydroxyl groups is 1. The summed E-state index contributed by atoms with van der Waals surface area (Å²) in [7, 11) is 1.60. The van der Waals surface area contributed by atoms with Crippen LogP contribution in [-0.2, 0) is 19.3 Å². The average Bonchev–Trinajstić information content (AvgIpc) is 3.15. The van der Waals surface area contributed by atoms with Crippen molar-refractivity contribution in [2.45, 2.75) is 62.8 Å². The van der Waals surface area contributed by atoms with E-state index in [-0.39, 0.29) is 12.4 Å². The predicted octanol–water partition coefficient (Wildman–Crippen LogP) is 4.53. The van der Waals surface area contributed by atoms with Gasteiger partial charge in [0.15, 0.2) is 0 Å². The molecule has 1 saturated carbocycles. The molecule has 0 radical (unpaired) electrons. The highest BCUT2D eigenvalue weighted by atomic mass is 19.1. The summed E-state index contributed by atoms with van der Waals surface area (Å²) < 4.78 is 19.5. The van der Waals surface area contributed by atoms with Crippen LogP contribution in [0, 0.1) is 11.7 Å². The lowest BCUT2D eigenvalue weighted by Gasteiger charge is -2.26. The summed E-state index contributed by atoms with van der Waals surface area (Å²) in [6.07, 6.45) is 7.82. The molecule has 0 saturated heterocycles. The number of hydrogen-bond donors (Lipinski definition) is 2. The molecule has 3 N–H and O–H groups in total. The number of hydrogen-bond acceptors (Lipinski definition) is 3. The SMILES string of the molecule is COc1cccc(F)c1CC[C@@H]1CCc2cc([C@H]3CC[C@](N)(CO)C3)ccc2C1. The molecule has 4 rings (SSSR count). The zero-order chi connectivity index (χ0) is 20.4. The lowest BCUT2D eigenvalue weighted by molar-refractivity contribution is 0.198. The van der Waals surface area contributed by atoms with Crippen molar-refractivity contribution in [3.05, 3.63) is 64.5 Å². The maximum atomic E-state index is 14.2. The zero-order valence-electron chi connectivity index (χ0n) is 17.3. The van der Waals surface area contributed by atoms with Crippen molar-refractivity contribution in [2.24, 2.45) is 11.7 Å². The van der Waals surface area contributed by atoms with E-state index >= 15 is 0 Å². The number of aliphatic hydroxyl groups excluding tert-OH is 1. The second-order valence-electron chi connectivity index (χ2n) is 9.06. The van der Waals surface area contributed by atoms with Crippen LogP contribution in [0.3, 0.4) is 0 Å². The van der Waals surface area contributed by atoms with E-state index in [1.54, 1.807) is 13.2 Å². The Bertz CT molecular complexity index is 868. The number of nitrogens with two attached hydrogens (primary N) is 1. The second-order valence-corrected chi connectivity index (χ2v) is 9.06. The smallest absolute Gasteiger partial charge is 0.130 e. The third-order valence-corrected chi connectivity index (χ3v) is 7.09. The molecule has 2 aromatic rings. The molecule has 156 valence electrons. The minimum atomic E-state index is -0.403. The summed E-state index contributed by atoms with van der Waals surface area (Å²) in [6, 6.07) is 12.0. The Morgan fingerprint density at radius 1 is 1.21 bits per heavy atom. The molecule has 0 aliphatic heterocycles. The van der Waals surface area contributed by atoms with Gasteiger partial charge in [0.2, 0.25) is 0 Å². The normalized spacial score (nSPS) is 26.3. The molecule has 1 fully saturated rings. The maximum absolute atomic E-state index is 14.2. The summed E-state index contributed by atoms with van der Waals surface area (Å²) in [5, 5.41) is 9.54. The van der Waals surface area contributed by atoms with Gasteiger partial charge in [0.25, 0.3) is 0 Å². The van der Waals surface area contributed by atoms with Crippen LogP contribution in [-0.4, -0.2) is 24.4 Å². The monoisotopic (exact) mass is 397 g/mol. The Balaban J connectivity index is 1.40. The number of halogens is 1. The van der Waals surface area contributed by atoms with E-state index in [9.17, 15) is 9.50 Å². The van der Waals surface area contributed by atoms with Gasteiger partial charge in [-0.25, -0.2) is 4.39 Å². The van der Waals surface area contributed by atoms with Crippen LogP contribution >= 0.6 is 0 Å². The van der Waals surface area contributed by atoms with Crippen molar-refractivity contribution in [3.63, 3.8) is 0 Å². The van der Waals surface area contributed by atoms with Gasteiger partial charge in [0.1, 0.15) is 11.6 Å². The number of rotatable bonds is 6. The molecular formula is C25H32FNO2. The van der Waals surface area contributed by atoms with Gasteiger partial charge < -0.3 is 15.6 Å². The number of aryl methyl sites for hydroxylation is 1. The van der Waals surface area contributed by atoms with Crippen LogP contribution in [0.15, 0.2) is 36.4 Å². The van der Waals surface area contributed by atoms with E-state index in [4.69, 9.17) is 10.5 Å². The first-order chi connectivity index (χ1) is 14.0. The first kappa shape index (κ1) is 20.4. The molecule has 2 aliphatic carbocycles. The lowest BCUT2D eigenvalue weighted by Crippen LogP contribution is -2.40. The van der Waals surface area contributed by atoms with Crippen LogP contribution < -0.4 is 10.5 Å². The topological polar surface area (TPSA) is 55.5 Å². The fourth-order valence-corrected chi connectivity index (χ4v) is 5.26. The Labute approximate surface area is 173 Å². The quantitative estimate of drug-likeness (QED) is 0.753. The molecule has 2 aliphatic rings. The van der Waals surface area contributed by atoms with Gasteiger partial charge in [0.05, 0.1) is 13.7 Å². The Morgan fingerprint density at radius 3 is 2.83 bits per heavy atom. The second kappa shape index (κ2) is 8.45. The van der Waals surface area contributed by atoms with Crippen LogP contribution in [0.5, 0.6) is 5.75 Å². The molecule has 4 heteroatoms. The Morgan fingerprint density at radius 2 is 2.07 bits per heavy atom. The highest BCUT2D eigenvalue weighted by Crippen LogP contribution is 2.41. The third-order valence-electron chi connectivity index (χ3n) is 7.09. The van der Waals surface area contributed by atoms with Gasteiger partial charge in [-0.15, -0.1) is 0 Å². The highest BCUT2D eigenvalue weighted by molar-refractivity contribution is 5.37. The number of ether oxygens (including phenoxy) is 1. The molecule has 0 aromatic heterocycles. The van der Waals surface area contributed by atoms with E-state index in [1.165, 1.54) is 22.8 Å². The van der Waals surface area contributed by atoms with E-state index in [0.29, 0.717) is 23.1 Å². The van der Waals surface area contributed by atoms with Crippen LogP contribution in [0.4, 0.5) is 4.39 Å². The summed E-state index contributed by atoms with van der Waals surface area (Å²) in [6.45, 7) is 0.0723. The van der Waals surface area contributed by atoms with Gasteiger partial charge in [-0.1, -0.05) is 24.3 Å². The van der Waals surface area contributed by atoms with Crippen molar-refractivity contribution < 1.29 is 14.2 Å². The Kier molecular flexibility index (Phi) is 5.93. The van der Waals surface area contributed by atoms with Crippen molar-refractivity contribution in [2.75, 3.05) is 13.7 Å². The van der Waals surface area contributed by atoms with Crippen LogP contribution in [0.25, 0.3) is 0 Å². The largest absolute Gasteiger partial charge is 0.496 e. The van der Waals surface area contributed by atoms with E-state index in [2.05, 4.69) is 18.2 Å². The van der Waals surface area contributed by atoms with Crippen molar-refractivity contribution in [1.82, 2.24) is 0 Å². The molecule has 3 atom stereocenters. The number of fused-ring (bicyclic) bond motifs is 1. The molecule has 3 nitrogen and oxygen atoms in total. The first-order valence-electron chi connectivity index (χ1n) is 10.8. The predicted molar refractivity (Wildman–Crippen MR) is 114 cm³/mol. The summed E-state index contributed by atoms with van der Waals surface area (Å²) in [5.74, 6) is 1.53. The average molecular weight is 398 g/mol. The molecule has 0 unspecified atom stereocenters. The summed E-state index contributed by atoms with van der Waals surface area (Å²) in [5.41, 5.74) is 10.8. The van der Waals surface area contributed by atoms with E-state index in [1.807, 2.05) is 6.07 Å². The van der Waals surface area contributed by atoms with Gasteiger partial charge in [-0.3, -0.25) is 0 Å². The molecule has 2 aromatic carbocycles. The van der Waals surface area contributed by atoms with E-state index in [0.717, 1.165) is 51.4 Å². The third kappa shape index (κ3) is 4.34. The Hall–Kier alpha value is -1.91. The summed E-state index contributed by atoms with van der Waals surface area (Å²) >= 11 is 0. The maximum Gasteiger partial charge on any atom is 0.130 e. The first-order valence-corrected chi connectivity index (χ1v) is 10.8. The molecule has 0 bridgehead atoms. The van der Waals surface area contributed by atoms with Gasteiger partial charge >= 0.3 is 0 Å². The minimum Gasteiger partial charge on any atom is -0.496 e. The fraction of sp³-hybridized carbons (Fsp3) is 0.520. The molecule has 0 spiro atoms. The molecule has 0 amide bonds. The van der Waals surface area contributed by atoms with Crippen molar-refractivity contribution in [1.29, 1.82) is 0 Å². The van der Waals surface area contributed by atoms with Gasteiger partial charge in [-0.2, -0.15) is 0 Å². The fourth-order valence-electron chi connectivity index (χ4n) is 5.26. The van der Waals surface area contributed by atoms with E-state index < -0.39 is 5.54 Å². The van der Waals surface area contributed by atoms with Crippen LogP contribution in [0.2, 0.25) is 0 Å². The molecular weight excluding hydrogens is 365 g/mol. The molecule has 29 heavy (non-hydrogen) atoms. The van der Waals surface area contributed by atoms with Crippen molar-refractivity contribution >= 4 is 0 Å².